The van der Waals surface area contributed by atoms with Crippen molar-refractivity contribution in [2.45, 2.75) is 39.2 Å². The lowest BCUT2D eigenvalue weighted by molar-refractivity contribution is 0.0528. The van der Waals surface area contributed by atoms with Crippen molar-refractivity contribution >= 4 is 22.0 Å². The predicted molar refractivity (Wildman–Crippen MR) is 101 cm³/mol. The van der Waals surface area contributed by atoms with Crippen LogP contribution in [0.1, 0.15) is 32.8 Å². The molecule has 1 N–H and O–H groups in total. The summed E-state index contributed by atoms with van der Waals surface area (Å²) < 4.78 is 11.9. The molecule has 0 heterocycles. The second kappa shape index (κ2) is 9.89. The van der Waals surface area contributed by atoms with Gasteiger partial charge in [-0.25, -0.2) is 4.79 Å². The molecule has 0 saturated carbocycles. The Hall–Kier alpha value is -1.27. The van der Waals surface area contributed by atoms with Crippen LogP contribution in [0.4, 0.5) is 4.79 Å². The minimum atomic E-state index is -0.474. The van der Waals surface area contributed by atoms with Crippen molar-refractivity contribution in [3.8, 4) is 5.75 Å². The number of alkyl carbamates (subject to hydrolysis) is 1. The normalized spacial score (nSPS) is 11.5. The van der Waals surface area contributed by atoms with Gasteiger partial charge in [-0.05, 0) is 81.3 Å². The fourth-order valence-electron chi connectivity index (χ4n) is 2.00. The van der Waals surface area contributed by atoms with Gasteiger partial charge in [0.25, 0.3) is 0 Å². The van der Waals surface area contributed by atoms with Crippen LogP contribution in [-0.4, -0.2) is 50.4 Å². The van der Waals surface area contributed by atoms with E-state index in [0.717, 1.165) is 35.2 Å². The first kappa shape index (κ1) is 20.8. The summed E-state index contributed by atoms with van der Waals surface area (Å²) >= 11 is 3.54. The first-order valence-electron chi connectivity index (χ1n) is 8.20. The van der Waals surface area contributed by atoms with E-state index in [-0.39, 0.29) is 6.09 Å². The number of rotatable bonds is 8. The fraction of sp³-hybridized carbons (Fsp3) is 0.611. The maximum absolute atomic E-state index is 11.6. The van der Waals surface area contributed by atoms with E-state index in [1.807, 2.05) is 39.0 Å². The zero-order valence-electron chi connectivity index (χ0n) is 15.3. The molecule has 5 nitrogen and oxygen atoms in total. The molecule has 0 aliphatic carbocycles. The van der Waals surface area contributed by atoms with Crippen LogP contribution in [0, 0.1) is 0 Å². The van der Waals surface area contributed by atoms with Gasteiger partial charge in [0, 0.05) is 13.1 Å². The second-order valence-corrected chi connectivity index (χ2v) is 7.80. The first-order chi connectivity index (χ1) is 11.2. The van der Waals surface area contributed by atoms with Crippen LogP contribution >= 0.6 is 15.9 Å². The number of nitrogens with one attached hydrogen (secondary N) is 1. The molecule has 0 aromatic heterocycles. The highest BCUT2D eigenvalue weighted by molar-refractivity contribution is 9.10. The van der Waals surface area contributed by atoms with Crippen molar-refractivity contribution in [1.82, 2.24) is 10.2 Å². The minimum Gasteiger partial charge on any atom is -0.492 e. The summed E-state index contributed by atoms with van der Waals surface area (Å²) in [7, 11) is 4.10. The van der Waals surface area contributed by atoms with Gasteiger partial charge < -0.3 is 19.7 Å². The number of carbonyl (C=O) groups is 1. The standard InChI is InChI=1S/C18H29BrN2O3/c1-18(2,3)24-17(22)20-10-9-14-7-8-16(15(19)13-14)23-12-6-11-21(4)5/h7-8,13H,6,9-12H2,1-5H3,(H,20,22). The molecular formula is C18H29BrN2O3. The van der Waals surface area contributed by atoms with Gasteiger partial charge in [0.15, 0.2) is 0 Å². The molecule has 0 unspecified atom stereocenters. The zero-order valence-corrected chi connectivity index (χ0v) is 16.9. The predicted octanol–water partition coefficient (Wildman–Crippen LogP) is 3.85. The molecule has 0 spiro atoms. The molecule has 1 rings (SSSR count). The molecule has 0 bridgehead atoms. The van der Waals surface area contributed by atoms with E-state index in [0.29, 0.717) is 13.2 Å². The van der Waals surface area contributed by atoms with Gasteiger partial charge in [-0.2, -0.15) is 0 Å². The maximum Gasteiger partial charge on any atom is 0.407 e. The van der Waals surface area contributed by atoms with Gasteiger partial charge in [0.1, 0.15) is 11.4 Å². The van der Waals surface area contributed by atoms with Crippen LogP contribution in [0.5, 0.6) is 5.75 Å². The Balaban J connectivity index is 2.37. The SMILES string of the molecule is CN(C)CCCOc1ccc(CCNC(=O)OC(C)(C)C)cc1Br. The molecule has 1 aromatic carbocycles. The van der Waals surface area contributed by atoms with Gasteiger partial charge in [-0.15, -0.1) is 0 Å². The quantitative estimate of drug-likeness (QED) is 0.673. The number of amides is 1. The highest BCUT2D eigenvalue weighted by atomic mass is 79.9. The highest BCUT2D eigenvalue weighted by Crippen LogP contribution is 2.26. The van der Waals surface area contributed by atoms with Crippen LogP contribution in [-0.2, 0) is 11.2 Å². The van der Waals surface area contributed by atoms with E-state index in [9.17, 15) is 4.79 Å². The van der Waals surface area contributed by atoms with Crippen molar-refractivity contribution in [3.05, 3.63) is 28.2 Å². The molecule has 0 radical (unpaired) electrons. The highest BCUT2D eigenvalue weighted by Gasteiger charge is 2.15. The molecule has 0 saturated heterocycles. The number of benzene rings is 1. The molecule has 0 atom stereocenters. The van der Waals surface area contributed by atoms with Gasteiger partial charge in [0.2, 0.25) is 0 Å². The smallest absolute Gasteiger partial charge is 0.407 e. The van der Waals surface area contributed by atoms with Gasteiger partial charge in [-0.3, -0.25) is 0 Å². The largest absolute Gasteiger partial charge is 0.492 e. The Labute approximate surface area is 153 Å². The molecule has 1 aromatic rings. The zero-order chi connectivity index (χ0) is 18.2. The lowest BCUT2D eigenvalue weighted by Crippen LogP contribution is -2.33. The van der Waals surface area contributed by atoms with E-state index in [1.165, 1.54) is 0 Å². The lowest BCUT2D eigenvalue weighted by atomic mass is 10.1. The molecular weight excluding hydrogens is 372 g/mol. The Morgan fingerprint density at radius 3 is 2.58 bits per heavy atom. The lowest BCUT2D eigenvalue weighted by Gasteiger charge is -2.19. The summed E-state index contributed by atoms with van der Waals surface area (Å²) in [6.07, 6.45) is 1.34. The third-order valence-corrected chi connectivity index (χ3v) is 3.71. The van der Waals surface area contributed by atoms with Crippen LogP contribution in [0.25, 0.3) is 0 Å². The summed E-state index contributed by atoms with van der Waals surface area (Å²) in [6, 6.07) is 6.00. The van der Waals surface area contributed by atoms with Crippen LogP contribution in [0.2, 0.25) is 0 Å². The molecule has 0 fully saturated rings. The summed E-state index contributed by atoms with van der Waals surface area (Å²) in [5.41, 5.74) is 0.650. The van der Waals surface area contributed by atoms with Crippen molar-refractivity contribution in [2.24, 2.45) is 0 Å². The summed E-state index contributed by atoms with van der Waals surface area (Å²) in [4.78, 5) is 13.7. The van der Waals surface area contributed by atoms with E-state index in [4.69, 9.17) is 9.47 Å². The molecule has 0 aliphatic rings. The van der Waals surface area contributed by atoms with Crippen LogP contribution in [0.15, 0.2) is 22.7 Å². The Bertz CT molecular complexity index is 527. The van der Waals surface area contributed by atoms with E-state index in [1.54, 1.807) is 0 Å². The number of nitrogens with zero attached hydrogens (tertiary/aromatic N) is 1. The number of hydrogen-bond donors (Lipinski definition) is 1. The van der Waals surface area contributed by atoms with Crippen LogP contribution < -0.4 is 10.1 Å². The average molecular weight is 401 g/mol. The summed E-state index contributed by atoms with van der Waals surface area (Å²) in [5.74, 6) is 0.845. The molecule has 24 heavy (non-hydrogen) atoms. The number of ether oxygens (including phenoxy) is 2. The molecule has 1 amide bonds. The number of hydrogen-bond acceptors (Lipinski definition) is 4. The molecule has 0 aliphatic heterocycles. The summed E-state index contributed by atoms with van der Waals surface area (Å²) in [6.45, 7) is 7.77. The fourth-order valence-corrected chi connectivity index (χ4v) is 2.54. The topological polar surface area (TPSA) is 50.8 Å². The monoisotopic (exact) mass is 400 g/mol. The maximum atomic E-state index is 11.6. The Morgan fingerprint density at radius 1 is 1.29 bits per heavy atom. The first-order valence-corrected chi connectivity index (χ1v) is 8.99. The molecule has 136 valence electrons. The Kier molecular flexibility index (Phi) is 8.56. The third-order valence-electron chi connectivity index (χ3n) is 3.09. The minimum absolute atomic E-state index is 0.387. The van der Waals surface area contributed by atoms with Crippen molar-refractivity contribution in [1.29, 1.82) is 0 Å². The summed E-state index contributed by atoms with van der Waals surface area (Å²) in [5, 5.41) is 2.76. The number of carbonyl (C=O) groups excluding carboxylic acids is 1. The van der Waals surface area contributed by atoms with Crippen LogP contribution in [0.3, 0.4) is 0 Å². The Morgan fingerprint density at radius 2 is 2.00 bits per heavy atom. The average Bonchev–Trinajstić information content (AvgIpc) is 2.43. The third kappa shape index (κ3) is 9.13. The van der Waals surface area contributed by atoms with Crippen molar-refractivity contribution < 1.29 is 14.3 Å². The van der Waals surface area contributed by atoms with E-state index >= 15 is 0 Å². The molecule has 6 heteroatoms. The van der Waals surface area contributed by atoms with E-state index < -0.39 is 5.60 Å². The van der Waals surface area contributed by atoms with Gasteiger partial charge in [0.05, 0.1) is 11.1 Å². The van der Waals surface area contributed by atoms with Crippen molar-refractivity contribution in [3.63, 3.8) is 0 Å². The van der Waals surface area contributed by atoms with E-state index in [2.05, 4.69) is 40.2 Å². The van der Waals surface area contributed by atoms with Gasteiger partial charge in [-0.1, -0.05) is 6.07 Å². The van der Waals surface area contributed by atoms with Gasteiger partial charge >= 0.3 is 6.09 Å². The van der Waals surface area contributed by atoms with Crippen molar-refractivity contribution in [2.75, 3.05) is 33.8 Å². The second-order valence-electron chi connectivity index (χ2n) is 6.95. The number of halogens is 1.